The summed E-state index contributed by atoms with van der Waals surface area (Å²) in [6.45, 7) is 2.27. The molecule has 1 amide bonds. The Morgan fingerprint density at radius 3 is 2.68 bits per heavy atom. The first-order valence-corrected chi connectivity index (χ1v) is 11.7. The number of imidazole rings is 1. The number of amides is 1. The van der Waals surface area contributed by atoms with Crippen molar-refractivity contribution in [1.82, 2.24) is 15.0 Å². The predicted octanol–water partition coefficient (Wildman–Crippen LogP) is 5.28. The zero-order valence-corrected chi connectivity index (χ0v) is 19.7. The molecule has 0 unspecified atom stereocenters. The van der Waals surface area contributed by atoms with Crippen molar-refractivity contribution in [2.45, 2.75) is 18.6 Å². The molecule has 1 N–H and O–H groups in total. The topological polar surface area (TPSA) is 102 Å². The van der Waals surface area contributed by atoms with Gasteiger partial charge in [-0.1, -0.05) is 59.8 Å². The summed E-state index contributed by atoms with van der Waals surface area (Å²) in [6.07, 6.45) is 0. The molecule has 0 atom stereocenters. The second-order valence-electron chi connectivity index (χ2n) is 7.42. The Morgan fingerprint density at radius 2 is 1.91 bits per heavy atom. The molecular formula is C24H20ClN5O3S. The highest BCUT2D eigenvalue weighted by Crippen LogP contribution is 2.25. The SMILES string of the molecule is C/C(=N\NC(=O)CSc1nc2ccccc2n1Cc1ccc(Cl)cc1)c1cccc([N+](=O)[O-])c1. The molecule has 10 heteroatoms. The number of non-ortho nitro benzene ring substituents is 1. The number of nitrogens with zero attached hydrogens (tertiary/aromatic N) is 4. The fraction of sp³-hybridized carbons (Fsp3) is 0.125. The van der Waals surface area contributed by atoms with Crippen LogP contribution in [0.2, 0.25) is 5.02 Å². The van der Waals surface area contributed by atoms with Gasteiger partial charge >= 0.3 is 0 Å². The number of rotatable bonds is 8. The number of aromatic nitrogens is 2. The van der Waals surface area contributed by atoms with Gasteiger partial charge in [0.25, 0.3) is 11.6 Å². The Morgan fingerprint density at radius 1 is 1.15 bits per heavy atom. The van der Waals surface area contributed by atoms with Crippen molar-refractivity contribution in [3.63, 3.8) is 0 Å². The second kappa shape index (κ2) is 10.5. The molecule has 34 heavy (non-hydrogen) atoms. The number of para-hydroxylation sites is 2. The molecule has 0 aliphatic heterocycles. The van der Waals surface area contributed by atoms with Crippen LogP contribution in [0, 0.1) is 10.1 Å². The van der Waals surface area contributed by atoms with E-state index in [1.54, 1.807) is 19.1 Å². The molecular weight excluding hydrogens is 474 g/mol. The van der Waals surface area contributed by atoms with Crippen LogP contribution in [-0.2, 0) is 11.3 Å². The molecule has 3 aromatic carbocycles. The number of nitro groups is 1. The van der Waals surface area contributed by atoms with E-state index in [9.17, 15) is 14.9 Å². The van der Waals surface area contributed by atoms with E-state index >= 15 is 0 Å². The molecule has 0 saturated heterocycles. The second-order valence-corrected chi connectivity index (χ2v) is 8.80. The van der Waals surface area contributed by atoms with Gasteiger partial charge in [-0.2, -0.15) is 5.10 Å². The maximum Gasteiger partial charge on any atom is 0.270 e. The number of carbonyl (C=O) groups is 1. The zero-order valence-electron chi connectivity index (χ0n) is 18.1. The normalized spacial score (nSPS) is 11.5. The average Bonchev–Trinajstić information content (AvgIpc) is 3.20. The molecule has 172 valence electrons. The molecule has 0 aliphatic carbocycles. The number of hydrogen-bond acceptors (Lipinski definition) is 6. The number of carbonyl (C=O) groups excluding carboxylic acids is 1. The summed E-state index contributed by atoms with van der Waals surface area (Å²) >= 11 is 7.32. The summed E-state index contributed by atoms with van der Waals surface area (Å²) in [5.41, 5.74) is 6.40. The quantitative estimate of drug-likeness (QED) is 0.156. The molecule has 4 aromatic rings. The maximum atomic E-state index is 12.5. The van der Waals surface area contributed by atoms with Crippen LogP contribution in [0.25, 0.3) is 11.0 Å². The summed E-state index contributed by atoms with van der Waals surface area (Å²) in [5, 5.41) is 16.4. The van der Waals surface area contributed by atoms with Crippen molar-refractivity contribution in [2.75, 3.05) is 5.75 Å². The van der Waals surface area contributed by atoms with E-state index < -0.39 is 4.92 Å². The van der Waals surface area contributed by atoms with Crippen molar-refractivity contribution in [3.05, 3.63) is 99.1 Å². The number of thioether (sulfide) groups is 1. The molecule has 0 bridgehead atoms. The van der Waals surface area contributed by atoms with Gasteiger partial charge in [0.15, 0.2) is 5.16 Å². The van der Waals surface area contributed by atoms with Crippen LogP contribution in [0.1, 0.15) is 18.1 Å². The highest BCUT2D eigenvalue weighted by molar-refractivity contribution is 7.99. The lowest BCUT2D eigenvalue weighted by Gasteiger charge is -2.09. The van der Waals surface area contributed by atoms with Crippen LogP contribution in [0.5, 0.6) is 0 Å². The fourth-order valence-electron chi connectivity index (χ4n) is 3.31. The number of benzene rings is 3. The zero-order chi connectivity index (χ0) is 24.1. The van der Waals surface area contributed by atoms with Gasteiger partial charge in [-0.05, 0) is 36.8 Å². The van der Waals surface area contributed by atoms with E-state index in [2.05, 4.69) is 20.1 Å². The third-order valence-corrected chi connectivity index (χ3v) is 6.26. The van der Waals surface area contributed by atoms with Gasteiger partial charge in [0.2, 0.25) is 0 Å². The summed E-state index contributed by atoms with van der Waals surface area (Å²) < 4.78 is 2.06. The number of fused-ring (bicyclic) bond motifs is 1. The molecule has 0 aliphatic rings. The van der Waals surface area contributed by atoms with Crippen molar-refractivity contribution >= 4 is 51.7 Å². The van der Waals surface area contributed by atoms with E-state index in [1.165, 1.54) is 23.9 Å². The predicted molar refractivity (Wildman–Crippen MR) is 134 cm³/mol. The van der Waals surface area contributed by atoms with Crippen LogP contribution in [-0.4, -0.2) is 31.8 Å². The first-order chi connectivity index (χ1) is 16.4. The smallest absolute Gasteiger partial charge is 0.270 e. The summed E-state index contributed by atoms with van der Waals surface area (Å²) in [6, 6.07) is 21.5. The van der Waals surface area contributed by atoms with E-state index in [1.807, 2.05) is 48.5 Å². The Kier molecular flexibility index (Phi) is 7.24. The van der Waals surface area contributed by atoms with Gasteiger partial charge in [-0.15, -0.1) is 0 Å². The standard InChI is InChI=1S/C24H20ClN5O3S/c1-16(18-5-4-6-20(13-18)30(32)33)27-28-23(31)15-34-24-26-21-7-2-3-8-22(21)29(24)14-17-9-11-19(25)12-10-17/h2-13H,14-15H2,1H3,(H,28,31)/b27-16+. The molecule has 0 radical (unpaired) electrons. The minimum Gasteiger partial charge on any atom is -0.314 e. The van der Waals surface area contributed by atoms with Gasteiger partial charge in [-0.25, -0.2) is 10.4 Å². The highest BCUT2D eigenvalue weighted by atomic mass is 35.5. The Balaban J connectivity index is 1.46. The van der Waals surface area contributed by atoms with Crippen LogP contribution in [0.3, 0.4) is 0 Å². The minimum absolute atomic E-state index is 0.0338. The van der Waals surface area contributed by atoms with Crippen molar-refractivity contribution in [2.24, 2.45) is 5.10 Å². The largest absolute Gasteiger partial charge is 0.314 e. The van der Waals surface area contributed by atoms with E-state index in [4.69, 9.17) is 11.6 Å². The Bertz CT molecular complexity index is 1390. The molecule has 1 heterocycles. The van der Waals surface area contributed by atoms with E-state index in [0.717, 1.165) is 16.6 Å². The van der Waals surface area contributed by atoms with Crippen molar-refractivity contribution < 1.29 is 9.72 Å². The van der Waals surface area contributed by atoms with Gasteiger partial charge in [-0.3, -0.25) is 14.9 Å². The van der Waals surface area contributed by atoms with Crippen LogP contribution in [0.4, 0.5) is 5.69 Å². The third-order valence-electron chi connectivity index (χ3n) is 5.03. The minimum atomic E-state index is -0.470. The Labute approximate surface area is 204 Å². The van der Waals surface area contributed by atoms with Gasteiger partial charge in [0.1, 0.15) is 0 Å². The lowest BCUT2D eigenvalue weighted by atomic mass is 10.1. The van der Waals surface area contributed by atoms with Crippen LogP contribution < -0.4 is 5.43 Å². The van der Waals surface area contributed by atoms with Crippen molar-refractivity contribution in [1.29, 1.82) is 0 Å². The summed E-state index contributed by atoms with van der Waals surface area (Å²) in [5.74, 6) is -0.199. The third kappa shape index (κ3) is 5.62. The average molecular weight is 494 g/mol. The molecule has 0 fully saturated rings. The highest BCUT2D eigenvalue weighted by Gasteiger charge is 2.14. The lowest BCUT2D eigenvalue weighted by molar-refractivity contribution is -0.384. The molecule has 0 saturated carbocycles. The number of hydrazone groups is 1. The van der Waals surface area contributed by atoms with Crippen molar-refractivity contribution in [3.8, 4) is 0 Å². The van der Waals surface area contributed by atoms with E-state index in [0.29, 0.717) is 28.0 Å². The number of hydrogen-bond donors (Lipinski definition) is 1. The molecule has 1 aromatic heterocycles. The molecule has 4 rings (SSSR count). The van der Waals surface area contributed by atoms with Crippen LogP contribution in [0.15, 0.2) is 83.1 Å². The first kappa shape index (κ1) is 23.5. The number of halogens is 1. The lowest BCUT2D eigenvalue weighted by Crippen LogP contribution is -2.21. The van der Waals surface area contributed by atoms with E-state index in [-0.39, 0.29) is 17.3 Å². The Hall–Kier alpha value is -3.69. The summed E-state index contributed by atoms with van der Waals surface area (Å²) in [7, 11) is 0. The van der Waals surface area contributed by atoms with Crippen LogP contribution >= 0.6 is 23.4 Å². The molecule has 8 nitrogen and oxygen atoms in total. The summed E-state index contributed by atoms with van der Waals surface area (Å²) in [4.78, 5) is 27.6. The maximum absolute atomic E-state index is 12.5. The van der Waals surface area contributed by atoms with Gasteiger partial charge in [0, 0.05) is 22.7 Å². The first-order valence-electron chi connectivity index (χ1n) is 10.3. The number of nitrogens with one attached hydrogen (secondary N) is 1. The van der Waals surface area contributed by atoms with Gasteiger partial charge < -0.3 is 4.57 Å². The number of nitro benzene ring substituents is 1. The molecule has 0 spiro atoms. The fourth-order valence-corrected chi connectivity index (χ4v) is 4.24. The monoisotopic (exact) mass is 493 g/mol. The van der Waals surface area contributed by atoms with Gasteiger partial charge in [0.05, 0.1) is 34.0 Å².